The molecule has 0 aromatic rings. The maximum absolute atomic E-state index is 5.41. The average molecular weight is 194 g/mol. The van der Waals surface area contributed by atoms with Crippen LogP contribution in [0, 0.1) is 0 Å². The van der Waals surface area contributed by atoms with Crippen molar-refractivity contribution < 1.29 is 0 Å². The Labute approximate surface area is 77.9 Å². The SMILES string of the molecule is CC(C)(SCCN)SCCN. The molecule has 0 saturated carbocycles. The molecule has 0 atom stereocenters. The molecule has 0 fully saturated rings. The summed E-state index contributed by atoms with van der Waals surface area (Å²) in [6.45, 7) is 5.95. The third-order valence-corrected chi connectivity index (χ3v) is 4.11. The highest BCUT2D eigenvalue weighted by molar-refractivity contribution is 8.18. The first-order valence-electron chi connectivity index (χ1n) is 3.80. The van der Waals surface area contributed by atoms with E-state index in [1.807, 2.05) is 23.5 Å². The van der Waals surface area contributed by atoms with Gasteiger partial charge >= 0.3 is 0 Å². The molecule has 2 nitrogen and oxygen atoms in total. The van der Waals surface area contributed by atoms with Crippen molar-refractivity contribution in [1.29, 1.82) is 0 Å². The molecule has 4 heteroatoms. The minimum absolute atomic E-state index is 0.277. The van der Waals surface area contributed by atoms with Crippen LogP contribution in [-0.2, 0) is 0 Å². The van der Waals surface area contributed by atoms with E-state index in [0.717, 1.165) is 24.6 Å². The summed E-state index contributed by atoms with van der Waals surface area (Å²) in [5.41, 5.74) is 10.8. The summed E-state index contributed by atoms with van der Waals surface area (Å²) in [7, 11) is 0. The topological polar surface area (TPSA) is 52.0 Å². The summed E-state index contributed by atoms with van der Waals surface area (Å²) < 4.78 is 0.277. The molecule has 0 aromatic carbocycles. The number of thioether (sulfide) groups is 2. The van der Waals surface area contributed by atoms with E-state index >= 15 is 0 Å². The predicted molar refractivity (Wildman–Crippen MR) is 57.1 cm³/mol. The first-order chi connectivity index (χ1) is 5.12. The summed E-state index contributed by atoms with van der Waals surface area (Å²) in [5.74, 6) is 2.06. The van der Waals surface area contributed by atoms with Crippen molar-refractivity contribution in [3.05, 3.63) is 0 Å². The fraction of sp³-hybridized carbons (Fsp3) is 1.00. The van der Waals surface area contributed by atoms with Gasteiger partial charge in [0, 0.05) is 24.6 Å². The lowest BCUT2D eigenvalue weighted by atomic mass is 10.5. The Kier molecular flexibility index (Phi) is 6.52. The van der Waals surface area contributed by atoms with E-state index in [9.17, 15) is 0 Å². The van der Waals surface area contributed by atoms with E-state index in [0.29, 0.717) is 0 Å². The van der Waals surface area contributed by atoms with Gasteiger partial charge in [-0.3, -0.25) is 0 Å². The molecule has 0 aliphatic carbocycles. The minimum Gasteiger partial charge on any atom is -0.330 e. The normalized spacial score (nSPS) is 12.0. The van der Waals surface area contributed by atoms with E-state index in [2.05, 4.69) is 13.8 Å². The van der Waals surface area contributed by atoms with Gasteiger partial charge in [-0.1, -0.05) is 0 Å². The Bertz CT molecular complexity index is 86.4. The molecule has 0 aliphatic rings. The van der Waals surface area contributed by atoms with Crippen LogP contribution in [-0.4, -0.2) is 28.7 Å². The standard InChI is InChI=1S/C7H18N2S2/c1-7(2,10-5-3-8)11-6-4-9/h3-6,8-9H2,1-2H3. The Morgan fingerprint density at radius 3 is 1.64 bits per heavy atom. The fourth-order valence-corrected chi connectivity index (χ4v) is 2.70. The van der Waals surface area contributed by atoms with Gasteiger partial charge in [-0.15, -0.1) is 23.5 Å². The van der Waals surface area contributed by atoms with Crippen LogP contribution in [0.15, 0.2) is 0 Å². The van der Waals surface area contributed by atoms with Gasteiger partial charge in [0.1, 0.15) is 0 Å². The maximum Gasteiger partial charge on any atom is 0.0556 e. The molecule has 0 rings (SSSR count). The van der Waals surface area contributed by atoms with Gasteiger partial charge in [0.15, 0.2) is 0 Å². The quantitative estimate of drug-likeness (QED) is 0.622. The molecular formula is C7H18N2S2. The van der Waals surface area contributed by atoms with Gasteiger partial charge in [-0.25, -0.2) is 0 Å². The summed E-state index contributed by atoms with van der Waals surface area (Å²) in [6, 6.07) is 0. The van der Waals surface area contributed by atoms with Crippen molar-refractivity contribution in [1.82, 2.24) is 0 Å². The van der Waals surface area contributed by atoms with Gasteiger partial charge in [0.05, 0.1) is 4.08 Å². The molecular weight excluding hydrogens is 176 g/mol. The van der Waals surface area contributed by atoms with Crippen molar-refractivity contribution in [2.45, 2.75) is 17.9 Å². The van der Waals surface area contributed by atoms with Crippen LogP contribution in [0.1, 0.15) is 13.8 Å². The highest BCUT2D eigenvalue weighted by Gasteiger charge is 2.16. The van der Waals surface area contributed by atoms with Crippen molar-refractivity contribution in [3.8, 4) is 0 Å². The van der Waals surface area contributed by atoms with E-state index in [-0.39, 0.29) is 4.08 Å². The number of hydrogen-bond donors (Lipinski definition) is 2. The van der Waals surface area contributed by atoms with Crippen molar-refractivity contribution >= 4 is 23.5 Å². The zero-order valence-electron chi connectivity index (χ0n) is 7.30. The second-order valence-corrected chi connectivity index (χ2v) is 6.37. The van der Waals surface area contributed by atoms with Crippen molar-refractivity contribution in [2.75, 3.05) is 24.6 Å². The molecule has 0 radical (unpaired) electrons. The van der Waals surface area contributed by atoms with Gasteiger partial charge in [0.25, 0.3) is 0 Å². The van der Waals surface area contributed by atoms with Crippen molar-refractivity contribution in [2.24, 2.45) is 11.5 Å². The second-order valence-electron chi connectivity index (χ2n) is 2.67. The van der Waals surface area contributed by atoms with Gasteiger partial charge in [-0.05, 0) is 13.8 Å². The van der Waals surface area contributed by atoms with Crippen LogP contribution in [0.2, 0.25) is 0 Å². The van der Waals surface area contributed by atoms with E-state index in [1.165, 1.54) is 0 Å². The lowest BCUT2D eigenvalue weighted by Gasteiger charge is -2.22. The van der Waals surface area contributed by atoms with Crippen molar-refractivity contribution in [3.63, 3.8) is 0 Å². The highest BCUT2D eigenvalue weighted by Crippen LogP contribution is 2.35. The largest absolute Gasteiger partial charge is 0.330 e. The Hall–Kier alpha value is 0.620. The minimum atomic E-state index is 0.277. The molecule has 0 saturated heterocycles. The third kappa shape index (κ3) is 7.00. The molecule has 0 aromatic heterocycles. The molecule has 0 bridgehead atoms. The van der Waals surface area contributed by atoms with Crippen LogP contribution in [0.25, 0.3) is 0 Å². The number of hydrogen-bond acceptors (Lipinski definition) is 4. The van der Waals surface area contributed by atoms with Gasteiger partial charge in [0.2, 0.25) is 0 Å². The van der Waals surface area contributed by atoms with E-state index < -0.39 is 0 Å². The predicted octanol–water partition coefficient (Wildman–Crippen LogP) is 1.11. The fourth-order valence-electron chi connectivity index (χ4n) is 0.651. The van der Waals surface area contributed by atoms with Crippen LogP contribution in [0.5, 0.6) is 0 Å². The van der Waals surface area contributed by atoms with Gasteiger partial charge < -0.3 is 11.5 Å². The molecule has 0 unspecified atom stereocenters. The summed E-state index contributed by atoms with van der Waals surface area (Å²) in [6.07, 6.45) is 0. The van der Waals surface area contributed by atoms with Gasteiger partial charge in [-0.2, -0.15) is 0 Å². The molecule has 0 aliphatic heterocycles. The lowest BCUT2D eigenvalue weighted by molar-refractivity contribution is 1.01. The van der Waals surface area contributed by atoms with Crippen LogP contribution in [0.3, 0.4) is 0 Å². The Balaban J connectivity index is 3.43. The highest BCUT2D eigenvalue weighted by atomic mass is 32.2. The second kappa shape index (κ2) is 6.17. The third-order valence-electron chi connectivity index (χ3n) is 1.14. The molecule has 4 N–H and O–H groups in total. The summed E-state index contributed by atoms with van der Waals surface area (Å²) >= 11 is 3.80. The number of rotatable bonds is 6. The van der Waals surface area contributed by atoms with Crippen LogP contribution >= 0.6 is 23.5 Å². The zero-order valence-corrected chi connectivity index (χ0v) is 8.93. The summed E-state index contributed by atoms with van der Waals surface area (Å²) in [4.78, 5) is 0. The Morgan fingerprint density at radius 2 is 1.36 bits per heavy atom. The molecule has 0 heterocycles. The molecule has 0 spiro atoms. The molecule has 68 valence electrons. The smallest absolute Gasteiger partial charge is 0.0556 e. The Morgan fingerprint density at radius 1 is 1.00 bits per heavy atom. The summed E-state index contributed by atoms with van der Waals surface area (Å²) in [5, 5.41) is 0. The first-order valence-corrected chi connectivity index (χ1v) is 5.77. The van der Waals surface area contributed by atoms with Crippen LogP contribution in [0.4, 0.5) is 0 Å². The molecule has 11 heavy (non-hydrogen) atoms. The monoisotopic (exact) mass is 194 g/mol. The van der Waals surface area contributed by atoms with E-state index in [4.69, 9.17) is 11.5 Å². The zero-order chi connectivity index (χ0) is 8.74. The van der Waals surface area contributed by atoms with Crippen LogP contribution < -0.4 is 11.5 Å². The lowest BCUT2D eigenvalue weighted by Crippen LogP contribution is -2.16. The van der Waals surface area contributed by atoms with E-state index in [1.54, 1.807) is 0 Å². The average Bonchev–Trinajstić information content (AvgIpc) is 1.97. The maximum atomic E-state index is 5.41. The number of nitrogens with two attached hydrogens (primary N) is 2. The molecule has 0 amide bonds. The first kappa shape index (κ1) is 11.6.